The Labute approximate surface area is 140 Å². The van der Waals surface area contributed by atoms with Crippen LogP contribution in [0.15, 0.2) is 24.3 Å². The van der Waals surface area contributed by atoms with Crippen LogP contribution in [0.3, 0.4) is 0 Å². The van der Waals surface area contributed by atoms with Gasteiger partial charge in [-0.15, -0.1) is 0 Å². The van der Waals surface area contributed by atoms with Crippen molar-refractivity contribution in [2.24, 2.45) is 0 Å². The van der Waals surface area contributed by atoms with Gasteiger partial charge in [0.05, 0.1) is 6.54 Å². The molecule has 1 aliphatic heterocycles. The Morgan fingerprint density at radius 1 is 1.26 bits per heavy atom. The molecule has 1 aliphatic rings. The molecule has 1 saturated heterocycles. The van der Waals surface area contributed by atoms with Gasteiger partial charge in [-0.2, -0.15) is 11.8 Å². The number of thioether (sulfide) groups is 1. The van der Waals surface area contributed by atoms with E-state index in [1.807, 2.05) is 16.1 Å². The molecule has 1 heterocycles. The van der Waals surface area contributed by atoms with Crippen molar-refractivity contribution in [3.63, 3.8) is 0 Å². The fraction of sp³-hybridized carbons (Fsp3) is 0.500. The lowest BCUT2D eigenvalue weighted by Crippen LogP contribution is -2.50. The molecule has 0 spiro atoms. The molecule has 7 heteroatoms. The molecule has 0 radical (unpaired) electrons. The molecule has 1 aromatic rings. The lowest BCUT2D eigenvalue weighted by Gasteiger charge is -2.34. The maximum absolute atomic E-state index is 13.1. The molecule has 2 amide bonds. The summed E-state index contributed by atoms with van der Waals surface area (Å²) in [6, 6.07) is 5.84. The van der Waals surface area contributed by atoms with E-state index in [0.29, 0.717) is 38.3 Å². The third-order valence-corrected chi connectivity index (χ3v) is 4.33. The first-order valence-electron chi connectivity index (χ1n) is 7.63. The number of carbonyl (C=O) groups is 2. The topological polar surface area (TPSA) is 52.7 Å². The summed E-state index contributed by atoms with van der Waals surface area (Å²) in [5.41, 5.74) is 0.459. The van der Waals surface area contributed by atoms with E-state index < -0.39 is 0 Å². The normalized spacial score (nSPS) is 15.5. The predicted molar refractivity (Wildman–Crippen MR) is 91.0 cm³/mol. The van der Waals surface area contributed by atoms with Crippen molar-refractivity contribution in [2.75, 3.05) is 50.0 Å². The van der Waals surface area contributed by atoms with E-state index in [1.54, 1.807) is 23.9 Å². The van der Waals surface area contributed by atoms with Crippen molar-refractivity contribution < 1.29 is 14.0 Å². The third kappa shape index (κ3) is 5.84. The lowest BCUT2D eigenvalue weighted by molar-refractivity contribution is -0.132. The van der Waals surface area contributed by atoms with Crippen LogP contribution in [0.1, 0.15) is 6.42 Å². The van der Waals surface area contributed by atoms with E-state index in [-0.39, 0.29) is 24.2 Å². The summed E-state index contributed by atoms with van der Waals surface area (Å²) in [5, 5.41) is 2.69. The predicted octanol–water partition coefficient (Wildman–Crippen LogP) is 1.66. The van der Waals surface area contributed by atoms with Crippen molar-refractivity contribution in [1.29, 1.82) is 0 Å². The Kier molecular flexibility index (Phi) is 6.85. The second kappa shape index (κ2) is 8.88. The highest BCUT2D eigenvalue weighted by molar-refractivity contribution is 7.98. The molecule has 1 aromatic carbocycles. The van der Waals surface area contributed by atoms with Crippen LogP contribution in [0.5, 0.6) is 0 Å². The second-order valence-electron chi connectivity index (χ2n) is 5.46. The molecular formula is C16H22FN3O2S. The maximum atomic E-state index is 13.1. The fourth-order valence-electron chi connectivity index (χ4n) is 2.47. The van der Waals surface area contributed by atoms with Crippen molar-refractivity contribution >= 4 is 29.3 Å². The monoisotopic (exact) mass is 339 g/mol. The molecule has 0 unspecified atom stereocenters. The van der Waals surface area contributed by atoms with E-state index in [2.05, 4.69) is 5.32 Å². The highest BCUT2D eigenvalue weighted by Crippen LogP contribution is 2.10. The molecule has 126 valence electrons. The number of hydrogen-bond donors (Lipinski definition) is 1. The number of hydrogen-bond acceptors (Lipinski definition) is 4. The van der Waals surface area contributed by atoms with E-state index in [0.717, 1.165) is 5.75 Å². The van der Waals surface area contributed by atoms with Gasteiger partial charge in [-0.1, -0.05) is 6.07 Å². The zero-order valence-corrected chi connectivity index (χ0v) is 14.1. The van der Waals surface area contributed by atoms with Crippen molar-refractivity contribution in [2.45, 2.75) is 6.42 Å². The van der Waals surface area contributed by atoms with E-state index in [1.165, 1.54) is 12.1 Å². The summed E-state index contributed by atoms with van der Waals surface area (Å²) >= 11 is 1.67. The number of carbonyl (C=O) groups excluding carboxylic acids is 2. The SMILES string of the molecule is CSCCC(=O)N1CCN(CC(=O)Nc2cccc(F)c2)CC1. The zero-order chi connectivity index (χ0) is 16.7. The first-order chi connectivity index (χ1) is 11.1. The third-order valence-electron chi connectivity index (χ3n) is 3.72. The van der Waals surface area contributed by atoms with Gasteiger partial charge in [-0.3, -0.25) is 14.5 Å². The number of benzene rings is 1. The number of amides is 2. The van der Waals surface area contributed by atoms with Crippen molar-refractivity contribution in [3.05, 3.63) is 30.1 Å². The number of anilines is 1. The minimum absolute atomic E-state index is 0.169. The van der Waals surface area contributed by atoms with Crippen LogP contribution in [0, 0.1) is 5.82 Å². The minimum Gasteiger partial charge on any atom is -0.340 e. The first kappa shape index (κ1) is 17.7. The second-order valence-corrected chi connectivity index (χ2v) is 6.44. The Balaban J connectivity index is 1.73. The number of nitrogens with one attached hydrogen (secondary N) is 1. The van der Waals surface area contributed by atoms with E-state index in [9.17, 15) is 14.0 Å². The largest absolute Gasteiger partial charge is 0.340 e. The molecule has 0 saturated carbocycles. The van der Waals surface area contributed by atoms with Gasteiger partial charge >= 0.3 is 0 Å². The van der Waals surface area contributed by atoms with Crippen molar-refractivity contribution in [1.82, 2.24) is 9.80 Å². The van der Waals surface area contributed by atoms with Crippen LogP contribution in [-0.2, 0) is 9.59 Å². The molecule has 23 heavy (non-hydrogen) atoms. The molecule has 0 aromatic heterocycles. The van der Waals surface area contributed by atoms with Gasteiger partial charge in [-0.25, -0.2) is 4.39 Å². The maximum Gasteiger partial charge on any atom is 0.238 e. The summed E-state index contributed by atoms with van der Waals surface area (Å²) < 4.78 is 13.1. The summed E-state index contributed by atoms with van der Waals surface area (Å²) in [5.74, 6) is 0.482. The van der Waals surface area contributed by atoms with Gasteiger partial charge in [0.15, 0.2) is 0 Å². The Bertz CT molecular complexity index is 548. The van der Waals surface area contributed by atoms with Crippen LogP contribution < -0.4 is 5.32 Å². The summed E-state index contributed by atoms with van der Waals surface area (Å²) in [7, 11) is 0. The molecule has 0 atom stereocenters. The molecule has 1 fully saturated rings. The zero-order valence-electron chi connectivity index (χ0n) is 13.3. The summed E-state index contributed by atoms with van der Waals surface area (Å²) in [6.07, 6.45) is 2.56. The van der Waals surface area contributed by atoms with E-state index in [4.69, 9.17) is 0 Å². The van der Waals surface area contributed by atoms with Crippen LogP contribution in [0.25, 0.3) is 0 Å². The average Bonchev–Trinajstić information content (AvgIpc) is 2.53. The Morgan fingerprint density at radius 3 is 2.65 bits per heavy atom. The summed E-state index contributed by atoms with van der Waals surface area (Å²) in [6.45, 7) is 2.92. The van der Waals surface area contributed by atoms with Gasteiger partial charge < -0.3 is 10.2 Å². The molecule has 0 aliphatic carbocycles. The molecule has 2 rings (SSSR count). The van der Waals surface area contributed by atoms with Gasteiger partial charge in [0.25, 0.3) is 0 Å². The highest BCUT2D eigenvalue weighted by atomic mass is 32.2. The fourth-order valence-corrected chi connectivity index (χ4v) is 2.85. The molecule has 1 N–H and O–H groups in total. The summed E-state index contributed by atoms with van der Waals surface area (Å²) in [4.78, 5) is 27.8. The molecule has 5 nitrogen and oxygen atoms in total. The average molecular weight is 339 g/mol. The lowest BCUT2D eigenvalue weighted by atomic mass is 10.2. The number of rotatable bonds is 6. The molecular weight excluding hydrogens is 317 g/mol. The number of halogens is 1. The van der Waals surface area contributed by atoms with Crippen molar-refractivity contribution in [3.8, 4) is 0 Å². The van der Waals surface area contributed by atoms with Gasteiger partial charge in [0.1, 0.15) is 5.82 Å². The van der Waals surface area contributed by atoms with Gasteiger partial charge in [0, 0.05) is 44.0 Å². The quantitative estimate of drug-likeness (QED) is 0.856. The van der Waals surface area contributed by atoms with Gasteiger partial charge in [-0.05, 0) is 24.5 Å². The number of piperazine rings is 1. The van der Waals surface area contributed by atoms with E-state index >= 15 is 0 Å². The standard InChI is InChI=1S/C16H22FN3O2S/c1-23-10-5-16(22)20-8-6-19(7-9-20)12-15(21)18-14-4-2-3-13(17)11-14/h2-4,11H,5-10,12H2,1H3,(H,18,21). The minimum atomic E-state index is -0.375. The highest BCUT2D eigenvalue weighted by Gasteiger charge is 2.22. The van der Waals surface area contributed by atoms with Crippen LogP contribution in [0.4, 0.5) is 10.1 Å². The van der Waals surface area contributed by atoms with Crippen LogP contribution >= 0.6 is 11.8 Å². The Hall–Kier alpha value is -1.60. The first-order valence-corrected chi connectivity index (χ1v) is 9.02. The van der Waals surface area contributed by atoms with Crippen LogP contribution in [-0.4, -0.2) is 66.3 Å². The number of nitrogens with zero attached hydrogens (tertiary/aromatic N) is 2. The van der Waals surface area contributed by atoms with Crippen LogP contribution in [0.2, 0.25) is 0 Å². The smallest absolute Gasteiger partial charge is 0.238 e. The van der Waals surface area contributed by atoms with Gasteiger partial charge in [0.2, 0.25) is 11.8 Å². The molecule has 0 bridgehead atoms. The Morgan fingerprint density at radius 2 is 2.00 bits per heavy atom.